The quantitative estimate of drug-likeness (QED) is 0.892. The van der Waals surface area contributed by atoms with Crippen LogP contribution in [0.25, 0.3) is 0 Å². The predicted octanol–water partition coefficient (Wildman–Crippen LogP) is 3.50. The lowest BCUT2D eigenvalue weighted by Crippen LogP contribution is -2.22. The van der Waals surface area contributed by atoms with Crippen LogP contribution < -0.4 is 5.32 Å². The Morgan fingerprint density at radius 3 is 2.17 bits per heavy atom. The van der Waals surface area contributed by atoms with Gasteiger partial charge in [-0.1, -0.05) is 23.2 Å². The van der Waals surface area contributed by atoms with Crippen LogP contribution in [0.3, 0.4) is 0 Å². The molecule has 0 aromatic heterocycles. The van der Waals surface area contributed by atoms with Crippen molar-refractivity contribution in [3.63, 3.8) is 0 Å². The molecule has 0 spiro atoms. The van der Waals surface area contributed by atoms with Gasteiger partial charge in [0.15, 0.2) is 0 Å². The van der Waals surface area contributed by atoms with Crippen molar-refractivity contribution >= 4 is 44.8 Å². The molecule has 2 aromatic rings. The average Bonchev–Trinajstić information content (AvgIpc) is 2.50. The Bertz CT molecular complexity index is 834. The van der Waals surface area contributed by atoms with E-state index in [1.54, 1.807) is 12.1 Å². The predicted molar refractivity (Wildman–Crippen MR) is 91.7 cm³/mol. The lowest BCUT2D eigenvalue weighted by molar-refractivity contribution is 0.102. The van der Waals surface area contributed by atoms with E-state index in [1.165, 1.54) is 44.4 Å². The standard InChI is InChI=1S/C15H14Cl2N2O3S/c1-19(2)23(21,22)12-6-3-10(4-7-12)15(20)18-14-8-5-11(16)9-13(14)17/h3-9H,1-2H3,(H,18,20). The molecule has 0 radical (unpaired) electrons. The second-order valence-electron chi connectivity index (χ2n) is 4.89. The van der Waals surface area contributed by atoms with Gasteiger partial charge in [0.1, 0.15) is 0 Å². The van der Waals surface area contributed by atoms with E-state index >= 15 is 0 Å². The first kappa shape index (κ1) is 17.7. The number of sulfonamides is 1. The number of anilines is 1. The van der Waals surface area contributed by atoms with Crippen molar-refractivity contribution in [2.75, 3.05) is 19.4 Å². The largest absolute Gasteiger partial charge is 0.321 e. The molecule has 0 bridgehead atoms. The average molecular weight is 373 g/mol. The molecule has 0 saturated heterocycles. The number of hydrogen-bond acceptors (Lipinski definition) is 3. The normalized spacial score (nSPS) is 11.5. The molecule has 8 heteroatoms. The number of nitrogens with one attached hydrogen (secondary N) is 1. The molecule has 0 atom stereocenters. The van der Waals surface area contributed by atoms with E-state index < -0.39 is 15.9 Å². The number of rotatable bonds is 4. The van der Waals surface area contributed by atoms with Crippen LogP contribution in [0.5, 0.6) is 0 Å². The molecule has 23 heavy (non-hydrogen) atoms. The minimum atomic E-state index is -3.52. The first-order chi connectivity index (χ1) is 10.7. The molecule has 0 unspecified atom stereocenters. The van der Waals surface area contributed by atoms with E-state index in [9.17, 15) is 13.2 Å². The third-order valence-corrected chi connectivity index (χ3v) is 5.45. The zero-order valence-corrected chi connectivity index (χ0v) is 14.7. The van der Waals surface area contributed by atoms with Gasteiger partial charge in [-0.2, -0.15) is 0 Å². The van der Waals surface area contributed by atoms with Crippen molar-refractivity contribution in [2.24, 2.45) is 0 Å². The fourth-order valence-electron chi connectivity index (χ4n) is 1.77. The van der Waals surface area contributed by atoms with Gasteiger partial charge in [-0.3, -0.25) is 4.79 Å². The minimum Gasteiger partial charge on any atom is -0.321 e. The summed E-state index contributed by atoms with van der Waals surface area (Å²) in [4.78, 5) is 12.3. The highest BCUT2D eigenvalue weighted by Gasteiger charge is 2.17. The fraction of sp³-hybridized carbons (Fsp3) is 0.133. The lowest BCUT2D eigenvalue weighted by atomic mass is 10.2. The molecule has 0 saturated carbocycles. The van der Waals surface area contributed by atoms with E-state index in [-0.39, 0.29) is 4.90 Å². The first-order valence-electron chi connectivity index (χ1n) is 6.51. The van der Waals surface area contributed by atoms with Crippen molar-refractivity contribution in [1.82, 2.24) is 4.31 Å². The van der Waals surface area contributed by atoms with Gasteiger partial charge in [0.25, 0.3) is 5.91 Å². The summed E-state index contributed by atoms with van der Waals surface area (Å²) in [6.45, 7) is 0. The molecule has 1 N–H and O–H groups in total. The molecular formula is C15H14Cl2N2O3S. The molecule has 0 aliphatic carbocycles. The van der Waals surface area contributed by atoms with Crippen LogP contribution >= 0.6 is 23.2 Å². The molecule has 122 valence electrons. The Morgan fingerprint density at radius 1 is 1.04 bits per heavy atom. The van der Waals surface area contributed by atoms with Crippen LogP contribution in [0.15, 0.2) is 47.4 Å². The van der Waals surface area contributed by atoms with Crippen molar-refractivity contribution < 1.29 is 13.2 Å². The number of halogens is 2. The van der Waals surface area contributed by atoms with Gasteiger partial charge < -0.3 is 5.32 Å². The number of benzene rings is 2. The van der Waals surface area contributed by atoms with E-state index in [0.717, 1.165) is 4.31 Å². The number of nitrogens with zero attached hydrogens (tertiary/aromatic N) is 1. The molecule has 1 amide bonds. The van der Waals surface area contributed by atoms with Crippen molar-refractivity contribution in [3.8, 4) is 0 Å². The third-order valence-electron chi connectivity index (χ3n) is 3.07. The van der Waals surface area contributed by atoms with Crippen LogP contribution in [-0.2, 0) is 10.0 Å². The van der Waals surface area contributed by atoms with Crippen LogP contribution in [0.2, 0.25) is 10.0 Å². The second-order valence-corrected chi connectivity index (χ2v) is 7.89. The Hall–Kier alpha value is -1.60. The minimum absolute atomic E-state index is 0.114. The van der Waals surface area contributed by atoms with Gasteiger partial charge in [0.2, 0.25) is 10.0 Å². The van der Waals surface area contributed by atoms with Crippen LogP contribution in [0.1, 0.15) is 10.4 Å². The highest BCUT2D eigenvalue weighted by Crippen LogP contribution is 2.26. The second kappa shape index (κ2) is 6.88. The van der Waals surface area contributed by atoms with E-state index in [0.29, 0.717) is 21.3 Å². The molecule has 0 fully saturated rings. The maximum Gasteiger partial charge on any atom is 0.255 e. The first-order valence-corrected chi connectivity index (χ1v) is 8.70. The summed E-state index contributed by atoms with van der Waals surface area (Å²) < 4.78 is 25.1. The number of amides is 1. The van der Waals surface area contributed by atoms with Crippen molar-refractivity contribution in [1.29, 1.82) is 0 Å². The topological polar surface area (TPSA) is 66.5 Å². The van der Waals surface area contributed by atoms with Gasteiger partial charge in [0, 0.05) is 24.7 Å². The summed E-state index contributed by atoms with van der Waals surface area (Å²) in [7, 11) is -0.638. The smallest absolute Gasteiger partial charge is 0.255 e. The van der Waals surface area contributed by atoms with Crippen LogP contribution in [0, 0.1) is 0 Å². The molecule has 5 nitrogen and oxygen atoms in total. The third kappa shape index (κ3) is 4.03. The summed E-state index contributed by atoms with van der Waals surface area (Å²) in [5.74, 6) is -0.400. The van der Waals surface area contributed by atoms with Crippen molar-refractivity contribution in [2.45, 2.75) is 4.90 Å². The number of hydrogen-bond donors (Lipinski definition) is 1. The maximum atomic E-state index is 12.2. The molecule has 0 heterocycles. The number of carbonyl (C=O) groups excluding carboxylic acids is 1. The van der Waals surface area contributed by atoms with Gasteiger partial charge in [0.05, 0.1) is 15.6 Å². The van der Waals surface area contributed by atoms with E-state index in [4.69, 9.17) is 23.2 Å². The Morgan fingerprint density at radius 2 is 1.65 bits per heavy atom. The summed E-state index contributed by atoms with van der Waals surface area (Å²) in [6, 6.07) is 10.4. The molecule has 2 rings (SSSR count). The van der Waals surface area contributed by atoms with Gasteiger partial charge in [-0.25, -0.2) is 12.7 Å². The van der Waals surface area contributed by atoms with E-state index in [2.05, 4.69) is 5.32 Å². The Labute approximate surface area is 144 Å². The zero-order chi connectivity index (χ0) is 17.2. The van der Waals surface area contributed by atoms with Gasteiger partial charge in [-0.15, -0.1) is 0 Å². The van der Waals surface area contributed by atoms with Gasteiger partial charge >= 0.3 is 0 Å². The summed E-state index contributed by atoms with van der Waals surface area (Å²) in [5.41, 5.74) is 0.736. The van der Waals surface area contributed by atoms with Crippen LogP contribution in [-0.4, -0.2) is 32.7 Å². The highest BCUT2D eigenvalue weighted by molar-refractivity contribution is 7.89. The Balaban J connectivity index is 2.21. The van der Waals surface area contributed by atoms with Crippen LogP contribution in [0.4, 0.5) is 5.69 Å². The molecule has 2 aromatic carbocycles. The Kier molecular flexibility index (Phi) is 5.31. The SMILES string of the molecule is CN(C)S(=O)(=O)c1ccc(C(=O)Nc2ccc(Cl)cc2Cl)cc1. The molecule has 0 aliphatic rings. The summed E-state index contributed by atoms with van der Waals surface area (Å²) in [6.07, 6.45) is 0. The zero-order valence-electron chi connectivity index (χ0n) is 12.4. The molecular weight excluding hydrogens is 359 g/mol. The highest BCUT2D eigenvalue weighted by atomic mass is 35.5. The van der Waals surface area contributed by atoms with Gasteiger partial charge in [-0.05, 0) is 42.5 Å². The monoisotopic (exact) mass is 372 g/mol. The lowest BCUT2D eigenvalue weighted by Gasteiger charge is -2.12. The summed E-state index contributed by atoms with van der Waals surface area (Å²) >= 11 is 11.8. The molecule has 0 aliphatic heterocycles. The summed E-state index contributed by atoms with van der Waals surface area (Å²) in [5, 5.41) is 3.43. The maximum absolute atomic E-state index is 12.2. The van der Waals surface area contributed by atoms with Crippen molar-refractivity contribution in [3.05, 3.63) is 58.1 Å². The van der Waals surface area contributed by atoms with E-state index in [1.807, 2.05) is 0 Å². The fourth-order valence-corrected chi connectivity index (χ4v) is 3.13. The number of carbonyl (C=O) groups is 1.